The Bertz CT molecular complexity index is 718. The smallest absolute Gasteiger partial charge is 0.154 e. The molecule has 5 heteroatoms. The topological polar surface area (TPSA) is 62.0 Å². The maximum atomic E-state index is 9.28. The molecule has 0 aliphatic carbocycles. The summed E-state index contributed by atoms with van der Waals surface area (Å²) in [5, 5.41) is 9.28. The van der Waals surface area contributed by atoms with Gasteiger partial charge in [-0.05, 0) is 13.0 Å². The van der Waals surface area contributed by atoms with E-state index in [1.165, 1.54) is 6.33 Å². The maximum Gasteiger partial charge on any atom is 0.154 e. The molecular weight excluding hydrogens is 252 g/mol. The molecule has 0 N–H and O–H groups in total. The van der Waals surface area contributed by atoms with E-state index in [-0.39, 0.29) is 0 Å². The number of benzene rings is 1. The molecular formula is C15H12N4O. The summed E-state index contributed by atoms with van der Waals surface area (Å²) in [4.78, 5) is 10.2. The largest absolute Gasteiger partial charge is 0.463 e. The summed E-state index contributed by atoms with van der Waals surface area (Å²) in [5.41, 5.74) is 2.19. The normalized spacial score (nSPS) is 13.1. The van der Waals surface area contributed by atoms with Gasteiger partial charge in [-0.25, -0.2) is 9.97 Å². The minimum atomic E-state index is 0.483. The fourth-order valence-corrected chi connectivity index (χ4v) is 2.12. The number of nitriles is 1. The van der Waals surface area contributed by atoms with Crippen LogP contribution >= 0.6 is 0 Å². The fraction of sp³-hybridized carbons (Fsp3) is 0.133. The quantitative estimate of drug-likeness (QED) is 0.792. The van der Waals surface area contributed by atoms with Crippen LogP contribution in [-0.4, -0.2) is 9.97 Å². The Kier molecular flexibility index (Phi) is 3.05. The van der Waals surface area contributed by atoms with Crippen molar-refractivity contribution < 1.29 is 4.74 Å². The van der Waals surface area contributed by atoms with Gasteiger partial charge in [-0.15, -0.1) is 0 Å². The molecule has 1 aromatic heterocycles. The monoisotopic (exact) mass is 264 g/mol. The molecule has 5 nitrogen and oxygen atoms in total. The fourth-order valence-electron chi connectivity index (χ4n) is 2.12. The Balaban J connectivity index is 2.05. The average Bonchev–Trinajstić information content (AvgIpc) is 2.69. The van der Waals surface area contributed by atoms with Crippen LogP contribution in [0.5, 0.6) is 5.75 Å². The van der Waals surface area contributed by atoms with Gasteiger partial charge < -0.3 is 9.64 Å². The van der Waals surface area contributed by atoms with E-state index in [2.05, 4.69) is 16.0 Å². The molecule has 20 heavy (non-hydrogen) atoms. The van der Waals surface area contributed by atoms with Crippen LogP contribution in [0.3, 0.4) is 0 Å². The minimum absolute atomic E-state index is 0.483. The number of ether oxygens (including phenoxy) is 1. The third-order valence-corrected chi connectivity index (χ3v) is 3.15. The summed E-state index contributed by atoms with van der Waals surface area (Å²) in [5.74, 6) is 1.41. The number of para-hydroxylation sites is 1. The SMILES string of the molecule is Cc1ncnc(N2C=COc3ccccc3C2)c1C#N. The molecule has 0 spiro atoms. The van der Waals surface area contributed by atoms with Gasteiger partial charge in [-0.2, -0.15) is 5.26 Å². The summed E-state index contributed by atoms with van der Waals surface area (Å²) in [6.07, 6.45) is 4.85. The Morgan fingerprint density at radius 2 is 2.15 bits per heavy atom. The van der Waals surface area contributed by atoms with Gasteiger partial charge in [-0.1, -0.05) is 18.2 Å². The third kappa shape index (κ3) is 2.08. The number of anilines is 1. The first-order chi connectivity index (χ1) is 9.79. The van der Waals surface area contributed by atoms with Gasteiger partial charge >= 0.3 is 0 Å². The predicted molar refractivity (Wildman–Crippen MR) is 73.9 cm³/mol. The second kappa shape index (κ2) is 5.02. The van der Waals surface area contributed by atoms with Gasteiger partial charge in [0.15, 0.2) is 5.82 Å². The zero-order chi connectivity index (χ0) is 13.9. The van der Waals surface area contributed by atoms with Crippen LogP contribution in [0.2, 0.25) is 0 Å². The summed E-state index contributed by atoms with van der Waals surface area (Å²) in [6.45, 7) is 2.40. The van der Waals surface area contributed by atoms with E-state index in [0.717, 1.165) is 11.3 Å². The Morgan fingerprint density at radius 1 is 1.30 bits per heavy atom. The van der Waals surface area contributed by atoms with Crippen molar-refractivity contribution in [3.05, 3.63) is 59.9 Å². The molecule has 0 atom stereocenters. The van der Waals surface area contributed by atoms with Crippen molar-refractivity contribution in [1.82, 2.24) is 9.97 Å². The molecule has 1 aromatic carbocycles. The van der Waals surface area contributed by atoms with E-state index in [1.54, 1.807) is 19.4 Å². The molecule has 98 valence electrons. The highest BCUT2D eigenvalue weighted by Crippen LogP contribution is 2.27. The van der Waals surface area contributed by atoms with E-state index in [0.29, 0.717) is 23.6 Å². The van der Waals surface area contributed by atoms with Crippen LogP contribution in [0.15, 0.2) is 43.1 Å². The third-order valence-electron chi connectivity index (χ3n) is 3.15. The zero-order valence-electron chi connectivity index (χ0n) is 10.9. The summed E-state index contributed by atoms with van der Waals surface area (Å²) in [6, 6.07) is 9.96. The molecule has 0 radical (unpaired) electrons. The van der Waals surface area contributed by atoms with Gasteiger partial charge in [-0.3, -0.25) is 0 Å². The lowest BCUT2D eigenvalue weighted by Crippen LogP contribution is -2.18. The van der Waals surface area contributed by atoms with E-state index >= 15 is 0 Å². The van der Waals surface area contributed by atoms with Crippen LogP contribution < -0.4 is 9.64 Å². The highest BCUT2D eigenvalue weighted by molar-refractivity contribution is 5.58. The lowest BCUT2D eigenvalue weighted by atomic mass is 10.1. The lowest BCUT2D eigenvalue weighted by molar-refractivity contribution is 0.479. The molecule has 0 fully saturated rings. The number of aryl methyl sites for hydroxylation is 1. The highest BCUT2D eigenvalue weighted by atomic mass is 16.5. The Hall–Kier alpha value is -2.87. The highest BCUT2D eigenvalue weighted by Gasteiger charge is 2.17. The van der Waals surface area contributed by atoms with Gasteiger partial charge in [0.25, 0.3) is 0 Å². The number of nitrogens with zero attached hydrogens (tertiary/aromatic N) is 4. The van der Waals surface area contributed by atoms with Gasteiger partial charge in [0.2, 0.25) is 0 Å². The van der Waals surface area contributed by atoms with Crippen LogP contribution in [0.4, 0.5) is 5.82 Å². The Morgan fingerprint density at radius 3 is 3.00 bits per heavy atom. The summed E-state index contributed by atoms with van der Waals surface area (Å²) >= 11 is 0. The molecule has 3 rings (SSSR count). The van der Waals surface area contributed by atoms with Crippen molar-refractivity contribution in [2.75, 3.05) is 4.90 Å². The van der Waals surface area contributed by atoms with E-state index < -0.39 is 0 Å². The van der Waals surface area contributed by atoms with E-state index in [9.17, 15) is 5.26 Å². The van der Waals surface area contributed by atoms with Crippen molar-refractivity contribution in [1.29, 1.82) is 5.26 Å². The summed E-state index contributed by atoms with van der Waals surface area (Å²) in [7, 11) is 0. The number of hydrogen-bond acceptors (Lipinski definition) is 5. The second-order valence-corrected chi connectivity index (χ2v) is 4.41. The number of fused-ring (bicyclic) bond motifs is 1. The van der Waals surface area contributed by atoms with Crippen molar-refractivity contribution in [3.63, 3.8) is 0 Å². The standard InChI is InChI=1S/C15H12N4O/c1-11-13(8-16)15(18-10-17-11)19-6-7-20-14-5-3-2-4-12(14)9-19/h2-7,10H,9H2,1H3. The molecule has 0 saturated carbocycles. The first-order valence-corrected chi connectivity index (χ1v) is 6.19. The molecule has 0 saturated heterocycles. The van der Waals surface area contributed by atoms with Crippen LogP contribution in [0, 0.1) is 18.3 Å². The number of aromatic nitrogens is 2. The molecule has 0 bridgehead atoms. The molecule has 2 aromatic rings. The zero-order valence-corrected chi connectivity index (χ0v) is 10.9. The van der Waals surface area contributed by atoms with Crippen molar-refractivity contribution in [2.45, 2.75) is 13.5 Å². The van der Waals surface area contributed by atoms with Crippen molar-refractivity contribution in [2.24, 2.45) is 0 Å². The van der Waals surface area contributed by atoms with E-state index in [1.807, 2.05) is 29.2 Å². The second-order valence-electron chi connectivity index (χ2n) is 4.41. The van der Waals surface area contributed by atoms with Gasteiger partial charge in [0, 0.05) is 11.8 Å². The maximum absolute atomic E-state index is 9.28. The average molecular weight is 264 g/mol. The van der Waals surface area contributed by atoms with Crippen LogP contribution in [0.25, 0.3) is 0 Å². The number of hydrogen-bond donors (Lipinski definition) is 0. The van der Waals surface area contributed by atoms with Gasteiger partial charge in [0.05, 0.1) is 12.2 Å². The molecule has 0 amide bonds. The molecule has 1 aliphatic rings. The first-order valence-electron chi connectivity index (χ1n) is 6.19. The number of rotatable bonds is 1. The minimum Gasteiger partial charge on any atom is -0.463 e. The lowest BCUT2D eigenvalue weighted by Gasteiger charge is -2.19. The Labute approximate surface area is 116 Å². The van der Waals surface area contributed by atoms with Crippen LogP contribution in [0.1, 0.15) is 16.8 Å². The van der Waals surface area contributed by atoms with Gasteiger partial charge in [0.1, 0.15) is 30.0 Å². The molecule has 0 unspecified atom stereocenters. The predicted octanol–water partition coefficient (Wildman–Crippen LogP) is 2.53. The van der Waals surface area contributed by atoms with Crippen molar-refractivity contribution >= 4 is 5.82 Å². The first kappa shape index (κ1) is 12.2. The van der Waals surface area contributed by atoms with E-state index in [4.69, 9.17) is 4.74 Å². The van der Waals surface area contributed by atoms with Crippen molar-refractivity contribution in [3.8, 4) is 11.8 Å². The molecule has 1 aliphatic heterocycles. The summed E-state index contributed by atoms with van der Waals surface area (Å²) < 4.78 is 5.56. The van der Waals surface area contributed by atoms with Crippen LogP contribution in [-0.2, 0) is 6.54 Å². The molecule has 2 heterocycles.